The maximum absolute atomic E-state index is 11.6. The molecule has 0 unspecified atom stereocenters. The topological polar surface area (TPSA) is 50.7 Å². The van der Waals surface area contributed by atoms with Crippen LogP contribution in [0.25, 0.3) is 21.9 Å². The Morgan fingerprint density at radius 3 is 3.00 bits per heavy atom. The van der Waals surface area contributed by atoms with Gasteiger partial charge in [0.15, 0.2) is 0 Å². The van der Waals surface area contributed by atoms with Crippen LogP contribution in [-0.4, -0.2) is 14.5 Å². The van der Waals surface area contributed by atoms with E-state index in [2.05, 4.69) is 16.0 Å². The highest BCUT2D eigenvalue weighted by atomic mass is 16.1. The number of benzene rings is 1. The van der Waals surface area contributed by atoms with Gasteiger partial charge in [0.25, 0.3) is 0 Å². The first kappa shape index (κ1) is 8.74. The number of aromatic nitrogens is 3. The molecule has 0 bridgehead atoms. The molecule has 0 atom stereocenters. The number of H-pyrrole nitrogens is 1. The van der Waals surface area contributed by atoms with Gasteiger partial charge in [-0.15, -0.1) is 0 Å². The summed E-state index contributed by atoms with van der Waals surface area (Å²) in [5, 5.41) is 0.872. The lowest BCUT2D eigenvalue weighted by atomic mass is 10.2. The largest absolute Gasteiger partial charge is 0.338 e. The second kappa shape index (κ2) is 2.97. The molecule has 0 fully saturated rings. The van der Waals surface area contributed by atoms with Gasteiger partial charge >= 0.3 is 5.69 Å². The van der Waals surface area contributed by atoms with Gasteiger partial charge in [-0.25, -0.2) is 9.36 Å². The molecule has 16 heavy (non-hydrogen) atoms. The van der Waals surface area contributed by atoms with Crippen molar-refractivity contribution in [2.45, 2.75) is 0 Å². The Morgan fingerprint density at radius 1 is 1.38 bits per heavy atom. The molecule has 0 aliphatic carbocycles. The summed E-state index contributed by atoms with van der Waals surface area (Å²) in [4.78, 5) is 18.5. The van der Waals surface area contributed by atoms with Crippen molar-refractivity contribution in [2.75, 3.05) is 0 Å². The van der Waals surface area contributed by atoms with Crippen molar-refractivity contribution in [1.29, 1.82) is 0 Å². The van der Waals surface area contributed by atoms with Gasteiger partial charge in [-0.05, 0) is 6.07 Å². The van der Waals surface area contributed by atoms with Gasteiger partial charge in [0.1, 0.15) is 0 Å². The first-order valence-electron chi connectivity index (χ1n) is 4.76. The minimum Gasteiger partial charge on any atom is -0.303 e. The summed E-state index contributed by atoms with van der Waals surface area (Å²) in [6.45, 7) is 0. The third-order valence-electron chi connectivity index (χ3n) is 2.54. The van der Waals surface area contributed by atoms with E-state index in [1.807, 2.05) is 24.3 Å². The Bertz CT molecular complexity index is 789. The molecule has 2 heterocycles. The van der Waals surface area contributed by atoms with Crippen molar-refractivity contribution >= 4 is 21.9 Å². The van der Waals surface area contributed by atoms with E-state index in [1.165, 1.54) is 4.57 Å². The molecule has 0 aliphatic heterocycles. The number of pyridine rings is 1. The predicted octanol–water partition coefficient (Wildman–Crippen LogP) is 1.32. The standard InChI is InChI=1S/C12H7N3O/c1-2-15-11-8-5-3-4-6-9(8)13-7-10(11)14-12(15)16/h1,3-7H,(H,14,16). The summed E-state index contributed by atoms with van der Waals surface area (Å²) >= 11 is 0. The lowest BCUT2D eigenvalue weighted by Gasteiger charge is -1.98. The van der Waals surface area contributed by atoms with Gasteiger partial charge in [0.05, 0.1) is 22.7 Å². The van der Waals surface area contributed by atoms with Crippen LogP contribution in [0.3, 0.4) is 0 Å². The molecule has 0 saturated carbocycles. The Balaban J connectivity index is 2.70. The quantitative estimate of drug-likeness (QED) is 0.567. The number of nitrogens with zero attached hydrogens (tertiary/aromatic N) is 2. The number of imidazole rings is 1. The summed E-state index contributed by atoms with van der Waals surface area (Å²) in [6, 6.07) is 9.92. The second-order valence-electron chi connectivity index (χ2n) is 3.43. The summed E-state index contributed by atoms with van der Waals surface area (Å²) < 4.78 is 1.26. The average Bonchev–Trinajstić information content (AvgIpc) is 2.65. The summed E-state index contributed by atoms with van der Waals surface area (Å²) in [7, 11) is 0. The van der Waals surface area contributed by atoms with Gasteiger partial charge in [0.2, 0.25) is 0 Å². The average molecular weight is 209 g/mol. The zero-order valence-electron chi connectivity index (χ0n) is 8.27. The van der Waals surface area contributed by atoms with E-state index < -0.39 is 0 Å². The lowest BCUT2D eigenvalue weighted by molar-refractivity contribution is 1.06. The third kappa shape index (κ3) is 0.997. The van der Waals surface area contributed by atoms with E-state index in [4.69, 9.17) is 6.42 Å². The fourth-order valence-corrected chi connectivity index (χ4v) is 1.85. The van der Waals surface area contributed by atoms with Gasteiger partial charge in [-0.2, -0.15) is 0 Å². The number of hydrogen-bond acceptors (Lipinski definition) is 2. The van der Waals surface area contributed by atoms with E-state index >= 15 is 0 Å². The van der Waals surface area contributed by atoms with Gasteiger partial charge in [0, 0.05) is 11.4 Å². The molecule has 1 aromatic carbocycles. The predicted molar refractivity (Wildman–Crippen MR) is 62.1 cm³/mol. The van der Waals surface area contributed by atoms with Crippen LogP contribution in [0.4, 0.5) is 0 Å². The van der Waals surface area contributed by atoms with Crippen molar-refractivity contribution in [3.8, 4) is 12.5 Å². The van der Waals surface area contributed by atoms with E-state index in [-0.39, 0.29) is 5.69 Å². The molecule has 0 saturated heterocycles. The molecule has 4 nitrogen and oxygen atoms in total. The second-order valence-corrected chi connectivity index (χ2v) is 3.43. The van der Waals surface area contributed by atoms with Gasteiger partial charge in [-0.1, -0.05) is 24.6 Å². The summed E-state index contributed by atoms with van der Waals surface area (Å²) in [6.07, 6.45) is 6.94. The van der Waals surface area contributed by atoms with Gasteiger partial charge < -0.3 is 4.98 Å². The van der Waals surface area contributed by atoms with Crippen LogP contribution in [-0.2, 0) is 0 Å². The van der Waals surface area contributed by atoms with Crippen LogP contribution in [0.5, 0.6) is 0 Å². The third-order valence-corrected chi connectivity index (χ3v) is 2.54. The number of hydrogen-bond donors (Lipinski definition) is 1. The molecule has 0 radical (unpaired) electrons. The molecule has 3 rings (SSSR count). The van der Waals surface area contributed by atoms with Crippen LogP contribution in [0.15, 0.2) is 35.3 Å². The molecular weight excluding hydrogens is 202 g/mol. The normalized spacial score (nSPS) is 10.7. The van der Waals surface area contributed by atoms with E-state index in [1.54, 1.807) is 6.20 Å². The summed E-state index contributed by atoms with van der Waals surface area (Å²) in [5.41, 5.74) is 1.87. The van der Waals surface area contributed by atoms with Crippen molar-refractivity contribution < 1.29 is 0 Å². The molecule has 4 heteroatoms. The molecule has 0 spiro atoms. The fraction of sp³-hybridized carbons (Fsp3) is 0. The van der Waals surface area contributed by atoms with E-state index in [0.717, 1.165) is 10.9 Å². The monoisotopic (exact) mass is 209 g/mol. The molecule has 0 amide bonds. The number of aromatic amines is 1. The van der Waals surface area contributed by atoms with Crippen LogP contribution in [0.2, 0.25) is 0 Å². The molecule has 3 aromatic rings. The maximum atomic E-state index is 11.6. The fourth-order valence-electron chi connectivity index (χ4n) is 1.85. The van der Waals surface area contributed by atoms with Crippen LogP contribution < -0.4 is 5.69 Å². The number of terminal acetylenes is 1. The minimum atomic E-state index is -0.310. The Morgan fingerprint density at radius 2 is 2.19 bits per heavy atom. The number of rotatable bonds is 0. The summed E-state index contributed by atoms with van der Waals surface area (Å²) in [5.74, 6) is 0. The number of para-hydroxylation sites is 1. The molecular formula is C12H7N3O. The molecule has 0 aliphatic rings. The smallest absolute Gasteiger partial charge is 0.303 e. The van der Waals surface area contributed by atoms with Crippen molar-refractivity contribution in [3.63, 3.8) is 0 Å². The Kier molecular flexibility index (Phi) is 1.62. The first-order valence-corrected chi connectivity index (χ1v) is 4.76. The molecule has 1 N–H and O–H groups in total. The van der Waals surface area contributed by atoms with E-state index in [9.17, 15) is 4.79 Å². The van der Waals surface area contributed by atoms with Crippen LogP contribution >= 0.6 is 0 Å². The highest BCUT2D eigenvalue weighted by Gasteiger charge is 2.08. The van der Waals surface area contributed by atoms with Crippen molar-refractivity contribution in [1.82, 2.24) is 14.5 Å². The highest BCUT2D eigenvalue weighted by Crippen LogP contribution is 2.20. The minimum absolute atomic E-state index is 0.310. The zero-order chi connectivity index (χ0) is 11.1. The SMILES string of the molecule is C#Cn1c(=O)[nH]c2cnc3ccccc3c21. The van der Waals surface area contributed by atoms with Gasteiger partial charge in [-0.3, -0.25) is 4.98 Å². The van der Waals surface area contributed by atoms with E-state index in [0.29, 0.717) is 11.0 Å². The van der Waals surface area contributed by atoms with Crippen LogP contribution in [0.1, 0.15) is 0 Å². The number of nitrogens with one attached hydrogen (secondary N) is 1. The number of fused-ring (bicyclic) bond motifs is 3. The molecule has 2 aromatic heterocycles. The Hall–Kier alpha value is -2.54. The van der Waals surface area contributed by atoms with Crippen molar-refractivity contribution in [3.05, 3.63) is 40.9 Å². The molecule has 76 valence electrons. The zero-order valence-corrected chi connectivity index (χ0v) is 8.27. The lowest BCUT2D eigenvalue weighted by Crippen LogP contribution is -2.11. The first-order chi connectivity index (χ1) is 7.81. The highest BCUT2D eigenvalue weighted by molar-refractivity contribution is 6.02. The van der Waals surface area contributed by atoms with Crippen molar-refractivity contribution in [2.24, 2.45) is 0 Å². The Labute approximate surface area is 90.5 Å². The maximum Gasteiger partial charge on any atom is 0.338 e. The van der Waals surface area contributed by atoms with Crippen LogP contribution in [0, 0.1) is 12.5 Å².